The van der Waals surface area contributed by atoms with Crippen molar-refractivity contribution < 1.29 is 24.2 Å². The number of aliphatic hydroxyl groups excluding tert-OH is 1. The number of phenols is 1. The number of carbonyl (C=O) groups excluding carboxylic acids is 1. The lowest BCUT2D eigenvalue weighted by atomic mass is 9.87. The average Bonchev–Trinajstić information content (AvgIpc) is 2.76. The summed E-state index contributed by atoms with van der Waals surface area (Å²) in [7, 11) is 0. The first-order valence-corrected chi connectivity index (χ1v) is 11.6. The molecule has 1 aliphatic heterocycles. The van der Waals surface area contributed by atoms with Crippen LogP contribution in [0, 0.1) is 5.92 Å². The summed E-state index contributed by atoms with van der Waals surface area (Å²) in [5, 5.41) is 22.3. The second-order valence-corrected chi connectivity index (χ2v) is 9.36. The van der Waals surface area contributed by atoms with Gasteiger partial charge < -0.3 is 19.4 Å². The number of rotatable bonds is 8. The molecule has 6 nitrogen and oxygen atoms in total. The van der Waals surface area contributed by atoms with Crippen LogP contribution in [0.25, 0.3) is 17.0 Å². The first-order valence-electron chi connectivity index (χ1n) is 11.6. The highest BCUT2D eigenvalue weighted by molar-refractivity contribution is 6.13. The van der Waals surface area contributed by atoms with Crippen LogP contribution in [0.2, 0.25) is 0 Å². The van der Waals surface area contributed by atoms with Gasteiger partial charge in [0.25, 0.3) is 0 Å². The minimum absolute atomic E-state index is 0.0338. The number of carbonyl (C=O) groups is 1. The maximum absolute atomic E-state index is 13.2. The molecule has 0 radical (unpaired) electrons. The zero-order chi connectivity index (χ0) is 24.5. The molecule has 178 valence electrons. The molecule has 1 unspecified atom stereocenters. The fourth-order valence-corrected chi connectivity index (χ4v) is 4.12. The van der Waals surface area contributed by atoms with Crippen molar-refractivity contribution >= 4 is 22.8 Å². The van der Waals surface area contributed by atoms with E-state index in [1.807, 2.05) is 33.8 Å². The number of benzene rings is 1. The van der Waals surface area contributed by atoms with Crippen LogP contribution in [0.4, 0.5) is 0 Å². The fraction of sp³-hybridized carbons (Fsp3) is 0.481. The summed E-state index contributed by atoms with van der Waals surface area (Å²) in [6.07, 6.45) is 7.22. The summed E-state index contributed by atoms with van der Waals surface area (Å²) in [5.41, 5.74) is 0.457. The van der Waals surface area contributed by atoms with Gasteiger partial charge in [-0.3, -0.25) is 4.79 Å². The van der Waals surface area contributed by atoms with Gasteiger partial charge in [0.2, 0.25) is 0 Å². The van der Waals surface area contributed by atoms with Crippen LogP contribution in [0.3, 0.4) is 0 Å². The van der Waals surface area contributed by atoms with Gasteiger partial charge in [-0.25, -0.2) is 4.79 Å². The van der Waals surface area contributed by atoms with E-state index in [0.29, 0.717) is 41.5 Å². The van der Waals surface area contributed by atoms with Crippen LogP contribution in [0.5, 0.6) is 11.5 Å². The molecule has 3 atom stereocenters. The normalized spacial score (nSPS) is 19.0. The molecule has 6 heteroatoms. The van der Waals surface area contributed by atoms with Crippen LogP contribution >= 0.6 is 0 Å². The third-order valence-corrected chi connectivity index (χ3v) is 6.37. The number of ketones is 1. The molecule has 2 N–H and O–H groups in total. The van der Waals surface area contributed by atoms with E-state index >= 15 is 0 Å². The van der Waals surface area contributed by atoms with E-state index in [4.69, 9.17) is 9.15 Å². The molecule has 0 saturated heterocycles. The molecule has 1 aliphatic rings. The van der Waals surface area contributed by atoms with Crippen molar-refractivity contribution in [1.29, 1.82) is 0 Å². The van der Waals surface area contributed by atoms with Crippen molar-refractivity contribution in [2.45, 2.75) is 78.9 Å². The molecule has 2 aromatic rings. The molecule has 33 heavy (non-hydrogen) atoms. The first-order chi connectivity index (χ1) is 15.5. The highest BCUT2D eigenvalue weighted by Crippen LogP contribution is 2.48. The molecular weight excluding hydrogens is 420 g/mol. The maximum atomic E-state index is 13.2. The van der Waals surface area contributed by atoms with Gasteiger partial charge in [-0.15, -0.1) is 0 Å². The van der Waals surface area contributed by atoms with Crippen LogP contribution in [-0.2, 0) is 0 Å². The Balaban J connectivity index is 2.34. The van der Waals surface area contributed by atoms with Crippen molar-refractivity contribution in [2.24, 2.45) is 5.92 Å². The molecule has 0 fully saturated rings. The highest BCUT2D eigenvalue weighted by Gasteiger charge is 2.35. The van der Waals surface area contributed by atoms with Gasteiger partial charge >= 0.3 is 5.63 Å². The van der Waals surface area contributed by atoms with Crippen molar-refractivity contribution in [2.75, 3.05) is 0 Å². The molecule has 0 aliphatic carbocycles. The smallest absolute Gasteiger partial charge is 0.336 e. The largest absolute Gasteiger partial charge is 0.506 e. The molecular formula is C27H34O6. The first kappa shape index (κ1) is 24.8. The van der Waals surface area contributed by atoms with E-state index in [1.54, 1.807) is 19.9 Å². The lowest BCUT2D eigenvalue weighted by Gasteiger charge is -2.33. The Hall–Kier alpha value is -2.86. The van der Waals surface area contributed by atoms with Gasteiger partial charge in [0.1, 0.15) is 22.7 Å². The van der Waals surface area contributed by atoms with Crippen molar-refractivity contribution in [3.05, 3.63) is 50.9 Å². The zero-order valence-electron chi connectivity index (χ0n) is 20.3. The molecule has 0 saturated carbocycles. The topological polar surface area (TPSA) is 97.0 Å². The monoisotopic (exact) mass is 454 g/mol. The standard InChI is InChI=1S/C27H34O6/c1-7-16(5)23(30)22-24(31)17-11-13-27(6,12-9-10-15(3)4)33-25(17)21-18(19(28)8-2)14-20(29)32-26(21)22/h10-11,13-14,16,19,28,31H,7-9,12H2,1-6H3/t16?,19-,27-/m0/s1. The molecule has 1 aromatic carbocycles. The average molecular weight is 455 g/mol. The number of hydrogen-bond donors (Lipinski definition) is 2. The van der Waals surface area contributed by atoms with E-state index in [2.05, 4.69) is 6.08 Å². The number of phenolic OH excluding ortho intramolecular Hbond substituents is 1. The van der Waals surface area contributed by atoms with Crippen LogP contribution < -0.4 is 10.4 Å². The molecule has 0 spiro atoms. The van der Waals surface area contributed by atoms with Crippen LogP contribution in [-0.4, -0.2) is 21.6 Å². The third-order valence-electron chi connectivity index (χ3n) is 6.37. The summed E-state index contributed by atoms with van der Waals surface area (Å²) in [4.78, 5) is 25.7. The quantitative estimate of drug-likeness (QED) is 0.285. The predicted molar refractivity (Wildman–Crippen MR) is 130 cm³/mol. The molecule has 3 rings (SSSR count). The number of fused-ring (bicyclic) bond motifs is 3. The number of hydrogen-bond acceptors (Lipinski definition) is 6. The van der Waals surface area contributed by atoms with Gasteiger partial charge in [0.15, 0.2) is 11.4 Å². The van der Waals surface area contributed by atoms with Crippen molar-refractivity contribution in [3.8, 4) is 11.5 Å². The van der Waals surface area contributed by atoms with Gasteiger partial charge in [0, 0.05) is 17.5 Å². The number of allylic oxidation sites excluding steroid dienone is 2. The number of Topliss-reactive ketones (excluding diaryl/α,β-unsaturated/α-hetero) is 1. The molecule has 0 amide bonds. The minimum atomic E-state index is -0.955. The maximum Gasteiger partial charge on any atom is 0.336 e. The van der Waals surface area contributed by atoms with Gasteiger partial charge in [-0.2, -0.15) is 0 Å². The van der Waals surface area contributed by atoms with E-state index in [-0.39, 0.29) is 28.6 Å². The van der Waals surface area contributed by atoms with Gasteiger partial charge in [-0.05, 0) is 58.6 Å². The lowest BCUT2D eigenvalue weighted by molar-refractivity contribution is 0.0924. The zero-order valence-corrected chi connectivity index (χ0v) is 20.3. The van der Waals surface area contributed by atoms with E-state index in [0.717, 1.165) is 6.42 Å². The Bertz CT molecular complexity index is 1180. The SMILES string of the molecule is CCC(C)C(=O)c1c(O)c2c(c3c([C@@H](O)CC)cc(=O)oc13)O[C@@](C)(CCC=C(C)C)C=C2. The Labute approximate surface area is 194 Å². The van der Waals surface area contributed by atoms with Crippen LogP contribution in [0.15, 0.2) is 33.0 Å². The van der Waals surface area contributed by atoms with Crippen molar-refractivity contribution in [1.82, 2.24) is 0 Å². The summed E-state index contributed by atoms with van der Waals surface area (Å²) in [6.45, 7) is 11.5. The summed E-state index contributed by atoms with van der Waals surface area (Å²) < 4.78 is 11.9. The fourth-order valence-electron chi connectivity index (χ4n) is 4.12. The summed E-state index contributed by atoms with van der Waals surface area (Å²) in [5.74, 6) is -0.655. The van der Waals surface area contributed by atoms with E-state index < -0.39 is 17.3 Å². The summed E-state index contributed by atoms with van der Waals surface area (Å²) in [6, 6.07) is 1.24. The lowest BCUT2D eigenvalue weighted by Crippen LogP contribution is -2.32. The summed E-state index contributed by atoms with van der Waals surface area (Å²) >= 11 is 0. The number of aromatic hydroxyl groups is 1. The van der Waals surface area contributed by atoms with Gasteiger partial charge in [-0.1, -0.05) is 32.4 Å². The predicted octanol–water partition coefficient (Wildman–Crippen LogP) is 6.08. The second kappa shape index (κ2) is 9.56. The minimum Gasteiger partial charge on any atom is -0.506 e. The molecule has 1 aromatic heterocycles. The molecule has 0 bridgehead atoms. The Morgan fingerprint density at radius 3 is 2.55 bits per heavy atom. The second-order valence-electron chi connectivity index (χ2n) is 9.36. The molecule has 2 heterocycles. The van der Waals surface area contributed by atoms with Gasteiger partial charge in [0.05, 0.1) is 17.1 Å². The Kier molecular flexibility index (Phi) is 7.17. The number of ether oxygens (including phenoxy) is 1. The van der Waals surface area contributed by atoms with E-state index in [1.165, 1.54) is 11.6 Å². The Morgan fingerprint density at radius 1 is 1.24 bits per heavy atom. The highest BCUT2D eigenvalue weighted by atomic mass is 16.5. The van der Waals surface area contributed by atoms with E-state index in [9.17, 15) is 19.8 Å². The van der Waals surface area contributed by atoms with Crippen LogP contribution in [0.1, 0.15) is 94.8 Å². The third kappa shape index (κ3) is 4.76. The van der Waals surface area contributed by atoms with Crippen molar-refractivity contribution in [3.63, 3.8) is 0 Å². The number of aliphatic hydroxyl groups is 1. The Morgan fingerprint density at radius 2 is 1.94 bits per heavy atom.